The lowest BCUT2D eigenvalue weighted by atomic mass is 10.1. The van der Waals surface area contributed by atoms with Gasteiger partial charge < -0.3 is 4.74 Å². The summed E-state index contributed by atoms with van der Waals surface area (Å²) in [7, 11) is 0. The first kappa shape index (κ1) is 12.4. The van der Waals surface area contributed by atoms with Crippen LogP contribution in [0.3, 0.4) is 0 Å². The van der Waals surface area contributed by atoms with E-state index in [-0.39, 0.29) is 17.7 Å². The molecule has 0 saturated heterocycles. The molecule has 0 N–H and O–H groups in total. The molecule has 0 saturated carbocycles. The molecule has 0 radical (unpaired) electrons. The Bertz CT molecular complexity index is 477. The van der Waals surface area contributed by atoms with Crippen molar-refractivity contribution in [1.29, 1.82) is 5.26 Å². The Morgan fingerprint density at radius 3 is 2.81 bits per heavy atom. The molecule has 1 aromatic carbocycles. The van der Waals surface area contributed by atoms with Crippen molar-refractivity contribution in [2.24, 2.45) is 0 Å². The molecule has 0 amide bonds. The number of nitrogens with zero attached hydrogens (tertiary/aromatic N) is 1. The second kappa shape index (κ2) is 5.42. The molecule has 0 bridgehead atoms. The standard InChI is InChI=1S/C11H8BrNO3/c1-2-16-11(15)8-3-7(6-14)4-10(12)9(8)5-13/h3-4,6H,2H2,1H3. The molecule has 0 aromatic heterocycles. The first-order chi connectivity index (χ1) is 7.63. The van der Waals surface area contributed by atoms with Gasteiger partial charge in [-0.15, -0.1) is 0 Å². The third-order valence-corrected chi connectivity index (χ3v) is 2.48. The van der Waals surface area contributed by atoms with Crippen LogP contribution in [0.4, 0.5) is 0 Å². The summed E-state index contributed by atoms with van der Waals surface area (Å²) in [6.07, 6.45) is 0.606. The van der Waals surface area contributed by atoms with Crippen molar-refractivity contribution >= 4 is 28.2 Å². The molecule has 0 unspecified atom stereocenters. The molecule has 0 aliphatic carbocycles. The zero-order valence-electron chi connectivity index (χ0n) is 8.49. The van der Waals surface area contributed by atoms with Crippen LogP contribution in [0.1, 0.15) is 33.2 Å². The Kier molecular flexibility index (Phi) is 4.20. The summed E-state index contributed by atoms with van der Waals surface area (Å²) in [6, 6.07) is 4.71. The van der Waals surface area contributed by atoms with Gasteiger partial charge in [0.25, 0.3) is 0 Å². The fraction of sp³-hybridized carbons (Fsp3) is 0.182. The molecular formula is C11H8BrNO3. The van der Waals surface area contributed by atoms with Gasteiger partial charge in [-0.1, -0.05) is 0 Å². The molecule has 0 fully saturated rings. The van der Waals surface area contributed by atoms with E-state index in [0.717, 1.165) is 0 Å². The van der Waals surface area contributed by atoms with E-state index in [0.29, 0.717) is 16.3 Å². The summed E-state index contributed by atoms with van der Waals surface area (Å²) in [6.45, 7) is 1.88. The number of aldehydes is 1. The molecule has 0 spiro atoms. The van der Waals surface area contributed by atoms with Crippen molar-refractivity contribution in [3.8, 4) is 6.07 Å². The topological polar surface area (TPSA) is 67.2 Å². The van der Waals surface area contributed by atoms with Crippen molar-refractivity contribution in [3.05, 3.63) is 33.3 Å². The summed E-state index contributed by atoms with van der Waals surface area (Å²) in [5.41, 5.74) is 0.582. The predicted octanol–water partition coefficient (Wildman–Crippen LogP) is 2.31. The smallest absolute Gasteiger partial charge is 0.339 e. The van der Waals surface area contributed by atoms with E-state index in [2.05, 4.69) is 15.9 Å². The van der Waals surface area contributed by atoms with Gasteiger partial charge in [-0.2, -0.15) is 5.26 Å². The lowest BCUT2D eigenvalue weighted by molar-refractivity contribution is 0.0526. The number of nitriles is 1. The first-order valence-electron chi connectivity index (χ1n) is 4.50. The van der Waals surface area contributed by atoms with Gasteiger partial charge >= 0.3 is 5.97 Å². The number of ether oxygens (including phenoxy) is 1. The van der Waals surface area contributed by atoms with E-state index in [1.165, 1.54) is 12.1 Å². The summed E-state index contributed by atoms with van der Waals surface area (Å²) >= 11 is 3.13. The Morgan fingerprint density at radius 2 is 2.31 bits per heavy atom. The minimum absolute atomic E-state index is 0.0980. The second-order valence-electron chi connectivity index (χ2n) is 2.88. The zero-order valence-corrected chi connectivity index (χ0v) is 10.1. The number of halogens is 1. The van der Waals surface area contributed by atoms with Crippen molar-refractivity contribution < 1.29 is 14.3 Å². The number of hydrogen-bond acceptors (Lipinski definition) is 4. The van der Waals surface area contributed by atoms with Gasteiger partial charge in [0.1, 0.15) is 12.4 Å². The monoisotopic (exact) mass is 281 g/mol. The molecule has 82 valence electrons. The summed E-state index contributed by atoms with van der Waals surface area (Å²) < 4.78 is 5.20. The highest BCUT2D eigenvalue weighted by Gasteiger charge is 2.16. The van der Waals surface area contributed by atoms with E-state index in [1.54, 1.807) is 6.92 Å². The van der Waals surface area contributed by atoms with Gasteiger partial charge in [-0.3, -0.25) is 4.79 Å². The maximum atomic E-state index is 11.5. The highest BCUT2D eigenvalue weighted by Crippen LogP contribution is 2.22. The molecule has 1 rings (SSSR count). The number of carbonyl (C=O) groups is 2. The zero-order chi connectivity index (χ0) is 12.1. The SMILES string of the molecule is CCOC(=O)c1cc(C=O)cc(Br)c1C#N. The van der Waals surface area contributed by atoms with Crippen LogP contribution >= 0.6 is 15.9 Å². The minimum atomic E-state index is -0.608. The molecule has 4 nitrogen and oxygen atoms in total. The highest BCUT2D eigenvalue weighted by atomic mass is 79.9. The molecule has 0 heterocycles. The van der Waals surface area contributed by atoms with Crippen LogP contribution in [0.2, 0.25) is 0 Å². The quantitative estimate of drug-likeness (QED) is 0.630. The van der Waals surface area contributed by atoms with Gasteiger partial charge in [-0.25, -0.2) is 4.79 Å². The van der Waals surface area contributed by atoms with Crippen LogP contribution in [-0.2, 0) is 4.74 Å². The van der Waals surface area contributed by atoms with Crippen LogP contribution in [-0.4, -0.2) is 18.9 Å². The minimum Gasteiger partial charge on any atom is -0.462 e. The average molecular weight is 282 g/mol. The average Bonchev–Trinajstić information content (AvgIpc) is 2.28. The predicted molar refractivity (Wildman–Crippen MR) is 60.2 cm³/mol. The number of carbonyl (C=O) groups excluding carboxylic acids is 2. The number of benzene rings is 1. The summed E-state index contributed by atoms with van der Waals surface area (Å²) in [5, 5.41) is 8.90. The highest BCUT2D eigenvalue weighted by molar-refractivity contribution is 9.10. The van der Waals surface area contributed by atoms with E-state index < -0.39 is 5.97 Å². The third kappa shape index (κ3) is 2.47. The van der Waals surface area contributed by atoms with Gasteiger partial charge in [0.2, 0.25) is 0 Å². The molecule has 16 heavy (non-hydrogen) atoms. The first-order valence-corrected chi connectivity index (χ1v) is 5.29. The summed E-state index contributed by atoms with van der Waals surface area (Å²) in [5.74, 6) is -0.608. The fourth-order valence-electron chi connectivity index (χ4n) is 1.18. The molecule has 0 atom stereocenters. The maximum Gasteiger partial charge on any atom is 0.339 e. The third-order valence-electron chi connectivity index (χ3n) is 1.86. The van der Waals surface area contributed by atoms with Crippen molar-refractivity contribution in [2.75, 3.05) is 6.61 Å². The van der Waals surface area contributed by atoms with Crippen LogP contribution in [0.25, 0.3) is 0 Å². The number of hydrogen-bond donors (Lipinski definition) is 0. The molecule has 5 heteroatoms. The lowest BCUT2D eigenvalue weighted by Gasteiger charge is -2.06. The number of rotatable bonds is 3. The number of esters is 1. The van der Waals surface area contributed by atoms with Gasteiger partial charge in [0.05, 0.1) is 17.7 Å². The van der Waals surface area contributed by atoms with E-state index in [1.807, 2.05) is 6.07 Å². The van der Waals surface area contributed by atoms with E-state index in [4.69, 9.17) is 10.00 Å². The van der Waals surface area contributed by atoms with Gasteiger partial charge in [0.15, 0.2) is 0 Å². The van der Waals surface area contributed by atoms with Crippen molar-refractivity contribution in [1.82, 2.24) is 0 Å². The normalized spacial score (nSPS) is 9.31. The van der Waals surface area contributed by atoms with Crippen molar-refractivity contribution in [3.63, 3.8) is 0 Å². The van der Waals surface area contributed by atoms with Crippen LogP contribution in [0.5, 0.6) is 0 Å². The Labute approximate surface area is 101 Å². The Morgan fingerprint density at radius 1 is 1.62 bits per heavy atom. The molecular weight excluding hydrogens is 274 g/mol. The van der Waals surface area contributed by atoms with E-state index in [9.17, 15) is 9.59 Å². The Balaban J connectivity index is 3.35. The molecule has 0 aliphatic heterocycles. The maximum absolute atomic E-state index is 11.5. The van der Waals surface area contributed by atoms with E-state index >= 15 is 0 Å². The van der Waals surface area contributed by atoms with Crippen LogP contribution < -0.4 is 0 Å². The lowest BCUT2D eigenvalue weighted by Crippen LogP contribution is -2.08. The van der Waals surface area contributed by atoms with Crippen LogP contribution in [0, 0.1) is 11.3 Å². The molecule has 1 aromatic rings. The van der Waals surface area contributed by atoms with Gasteiger partial charge in [-0.05, 0) is 35.0 Å². The Hall–Kier alpha value is -1.67. The van der Waals surface area contributed by atoms with Crippen molar-refractivity contribution in [2.45, 2.75) is 6.92 Å². The summed E-state index contributed by atoms with van der Waals surface area (Å²) in [4.78, 5) is 22.2. The fourth-order valence-corrected chi connectivity index (χ4v) is 1.75. The molecule has 0 aliphatic rings. The second-order valence-corrected chi connectivity index (χ2v) is 3.73. The van der Waals surface area contributed by atoms with Gasteiger partial charge in [0, 0.05) is 10.0 Å². The van der Waals surface area contributed by atoms with Crippen LogP contribution in [0.15, 0.2) is 16.6 Å². The largest absolute Gasteiger partial charge is 0.462 e.